The van der Waals surface area contributed by atoms with Crippen molar-refractivity contribution in [3.63, 3.8) is 0 Å². The first-order valence-electron chi connectivity index (χ1n) is 8.02. The smallest absolute Gasteiger partial charge is 0.217 e. The van der Waals surface area contributed by atoms with Gasteiger partial charge in [-0.2, -0.15) is 0 Å². The molecule has 0 bridgehead atoms. The van der Waals surface area contributed by atoms with Gasteiger partial charge in [0.2, 0.25) is 5.91 Å². The molecule has 2 rings (SSSR count). The quantitative estimate of drug-likeness (QED) is 0.808. The molecule has 0 aromatic heterocycles. The molecule has 1 heterocycles. The zero-order valence-corrected chi connectivity index (χ0v) is 13.5. The molecule has 122 valence electrons. The average molecular weight is 304 g/mol. The molecule has 0 saturated heterocycles. The predicted octanol–water partition coefficient (Wildman–Crippen LogP) is 2.09. The molecule has 2 atom stereocenters. The highest BCUT2D eigenvalue weighted by Gasteiger charge is 2.17. The normalized spacial score (nSPS) is 19.7. The number of nitrogens with one attached hydrogen (secondary N) is 1. The molecule has 0 aliphatic carbocycles. The summed E-state index contributed by atoms with van der Waals surface area (Å²) in [6.45, 7) is 6.34. The van der Waals surface area contributed by atoms with Crippen LogP contribution in [0.1, 0.15) is 49.4 Å². The minimum absolute atomic E-state index is 0.0421. The van der Waals surface area contributed by atoms with Crippen molar-refractivity contribution in [2.45, 2.75) is 45.7 Å². The molecule has 0 spiro atoms. The van der Waals surface area contributed by atoms with Gasteiger partial charge < -0.3 is 21.3 Å². The van der Waals surface area contributed by atoms with Crippen molar-refractivity contribution < 1.29 is 4.79 Å². The van der Waals surface area contributed by atoms with Crippen molar-refractivity contribution >= 4 is 5.91 Å². The van der Waals surface area contributed by atoms with Crippen molar-refractivity contribution in [3.05, 3.63) is 40.1 Å². The Labute approximate surface area is 132 Å². The van der Waals surface area contributed by atoms with Crippen LogP contribution in [0, 0.1) is 11.1 Å². The zero-order valence-electron chi connectivity index (χ0n) is 13.5. The zero-order chi connectivity index (χ0) is 16.1. The van der Waals surface area contributed by atoms with Crippen LogP contribution in [-0.2, 0) is 17.8 Å². The van der Waals surface area contributed by atoms with Crippen LogP contribution < -0.4 is 11.1 Å². The lowest BCUT2D eigenvalue weighted by Gasteiger charge is -2.40. The summed E-state index contributed by atoms with van der Waals surface area (Å²) in [4.78, 5) is 10.8. The third kappa shape index (κ3) is 4.53. The Hall–Kier alpha value is -1.43. The highest BCUT2D eigenvalue weighted by molar-refractivity contribution is 5.73. The van der Waals surface area contributed by atoms with E-state index in [9.17, 15) is 10.0 Å². The first kappa shape index (κ1) is 16.9. The van der Waals surface area contributed by atoms with E-state index in [4.69, 9.17) is 5.73 Å². The monoisotopic (exact) mass is 304 g/mol. The van der Waals surface area contributed by atoms with E-state index in [0.717, 1.165) is 36.6 Å². The van der Waals surface area contributed by atoms with Crippen molar-refractivity contribution in [2.75, 3.05) is 13.1 Å². The summed E-state index contributed by atoms with van der Waals surface area (Å²) in [5.41, 5.74) is 8.85. The average Bonchev–Trinajstić information content (AvgIpc) is 2.49. The van der Waals surface area contributed by atoms with Crippen LogP contribution in [0.15, 0.2) is 18.2 Å². The Kier molecular flexibility index (Phi) is 5.94. The van der Waals surface area contributed by atoms with Gasteiger partial charge in [0, 0.05) is 19.0 Å². The number of hydrogen-bond donors (Lipinski definition) is 2. The Morgan fingerprint density at radius 2 is 2.32 bits per heavy atom. The molecule has 5 heteroatoms. The van der Waals surface area contributed by atoms with Gasteiger partial charge in [-0.15, -0.1) is 0 Å². The van der Waals surface area contributed by atoms with E-state index in [0.29, 0.717) is 18.9 Å². The fourth-order valence-electron chi connectivity index (χ4n) is 2.93. The van der Waals surface area contributed by atoms with Gasteiger partial charge >= 0.3 is 0 Å². The van der Waals surface area contributed by atoms with Gasteiger partial charge in [-0.25, -0.2) is 0 Å². The maximum absolute atomic E-state index is 11.7. The summed E-state index contributed by atoms with van der Waals surface area (Å²) in [7, 11) is 0. The maximum Gasteiger partial charge on any atom is 0.217 e. The van der Waals surface area contributed by atoms with E-state index in [-0.39, 0.29) is 11.9 Å². The van der Waals surface area contributed by atoms with E-state index in [1.807, 2.05) is 6.92 Å². The van der Waals surface area contributed by atoms with Gasteiger partial charge in [0.15, 0.2) is 0 Å². The third-order valence-corrected chi connectivity index (χ3v) is 4.40. The van der Waals surface area contributed by atoms with E-state index < -0.39 is 0 Å². The Balaban J connectivity index is 1.83. The molecule has 5 nitrogen and oxygen atoms in total. The number of nitrogens with two attached hydrogens (primary N) is 1. The van der Waals surface area contributed by atoms with Gasteiger partial charge in [-0.3, -0.25) is 4.79 Å². The minimum atomic E-state index is -0.233. The maximum atomic E-state index is 11.7. The van der Waals surface area contributed by atoms with Crippen molar-refractivity contribution in [2.24, 2.45) is 11.7 Å². The second kappa shape index (κ2) is 7.72. The molecule has 0 fully saturated rings. The van der Waals surface area contributed by atoms with Crippen LogP contribution in [0.4, 0.5) is 0 Å². The van der Waals surface area contributed by atoms with Crippen LogP contribution in [0.2, 0.25) is 0 Å². The third-order valence-electron chi connectivity index (χ3n) is 4.40. The van der Waals surface area contributed by atoms with Crippen LogP contribution in [0.25, 0.3) is 0 Å². The highest BCUT2D eigenvalue weighted by atomic mass is 16.5. The molecule has 0 radical (unpaired) electrons. The van der Waals surface area contributed by atoms with Gasteiger partial charge in [0.25, 0.3) is 0 Å². The Bertz CT molecular complexity index is 519. The second-order valence-electron chi connectivity index (χ2n) is 6.34. The number of hydroxylamine groups is 2. The molecule has 1 aliphatic heterocycles. The number of nitrogens with zero attached hydrogens (tertiary/aromatic N) is 1. The SMILES string of the molecule is CC(CCC(N)=O)CNCc1ccc2c(c1)CCN([O-])C2C. The van der Waals surface area contributed by atoms with Crippen LogP contribution in [0.3, 0.4) is 0 Å². The summed E-state index contributed by atoms with van der Waals surface area (Å²) in [6.07, 6.45) is 2.10. The molecular weight excluding hydrogens is 278 g/mol. The first-order valence-corrected chi connectivity index (χ1v) is 8.02. The number of carbonyl (C=O) groups excluding carboxylic acids is 1. The predicted molar refractivity (Wildman–Crippen MR) is 87.9 cm³/mol. The lowest BCUT2D eigenvalue weighted by atomic mass is 9.93. The van der Waals surface area contributed by atoms with Crippen LogP contribution in [-0.4, -0.2) is 24.1 Å². The highest BCUT2D eigenvalue weighted by Crippen LogP contribution is 2.29. The molecule has 1 aliphatic rings. The molecule has 1 aromatic carbocycles. The Morgan fingerprint density at radius 3 is 3.05 bits per heavy atom. The van der Waals surface area contributed by atoms with Crippen LogP contribution >= 0.6 is 0 Å². The molecule has 22 heavy (non-hydrogen) atoms. The molecular formula is C17H26N3O2-. The van der Waals surface area contributed by atoms with E-state index in [1.165, 1.54) is 11.1 Å². The molecule has 1 amide bonds. The van der Waals surface area contributed by atoms with Crippen molar-refractivity contribution in [1.29, 1.82) is 0 Å². The van der Waals surface area contributed by atoms with E-state index in [1.54, 1.807) is 0 Å². The number of hydrogen-bond acceptors (Lipinski definition) is 4. The topological polar surface area (TPSA) is 81.4 Å². The lowest BCUT2D eigenvalue weighted by molar-refractivity contribution is -0.118. The van der Waals surface area contributed by atoms with Gasteiger partial charge in [0.05, 0.1) is 0 Å². The lowest BCUT2D eigenvalue weighted by Crippen LogP contribution is -2.29. The number of primary amides is 1. The second-order valence-corrected chi connectivity index (χ2v) is 6.34. The molecule has 0 saturated carbocycles. The van der Waals surface area contributed by atoms with Gasteiger partial charge in [-0.05, 0) is 55.5 Å². The van der Waals surface area contributed by atoms with Crippen molar-refractivity contribution in [1.82, 2.24) is 10.4 Å². The fourth-order valence-corrected chi connectivity index (χ4v) is 2.93. The summed E-state index contributed by atoms with van der Waals surface area (Å²) in [5.74, 6) is 0.197. The standard InChI is InChI=1S/C17H26N3O2/c1-12(3-6-17(18)21)10-19-11-14-4-5-16-13(2)20(22)8-7-15(16)9-14/h4-5,9,12-13,19H,3,6-8,10-11H2,1-2H3,(H2,18,21)/q-1. The summed E-state index contributed by atoms with van der Waals surface area (Å²) >= 11 is 0. The van der Waals surface area contributed by atoms with Crippen molar-refractivity contribution in [3.8, 4) is 0 Å². The largest absolute Gasteiger partial charge is 0.785 e. The molecule has 2 unspecified atom stereocenters. The molecule has 3 N–H and O–H groups in total. The summed E-state index contributed by atoms with van der Waals surface area (Å²) in [5, 5.41) is 16.3. The summed E-state index contributed by atoms with van der Waals surface area (Å²) < 4.78 is 0. The number of rotatable bonds is 7. The van der Waals surface area contributed by atoms with Gasteiger partial charge in [-0.1, -0.05) is 25.1 Å². The minimum Gasteiger partial charge on any atom is -0.785 e. The number of fused-ring (bicyclic) bond motifs is 1. The first-order chi connectivity index (χ1) is 10.5. The number of amides is 1. The molecule has 1 aromatic rings. The Morgan fingerprint density at radius 1 is 1.55 bits per heavy atom. The number of benzene rings is 1. The van der Waals surface area contributed by atoms with Gasteiger partial charge in [0.1, 0.15) is 0 Å². The van der Waals surface area contributed by atoms with E-state index >= 15 is 0 Å². The fraction of sp³-hybridized carbons (Fsp3) is 0.588. The van der Waals surface area contributed by atoms with E-state index in [2.05, 4.69) is 30.4 Å². The summed E-state index contributed by atoms with van der Waals surface area (Å²) in [6, 6.07) is 6.34. The van der Waals surface area contributed by atoms with Crippen LogP contribution in [0.5, 0.6) is 0 Å². The number of carbonyl (C=O) groups is 1.